The molecule has 2 saturated heterocycles. The largest absolute Gasteiger partial charge is 0.457 e. The van der Waals surface area contributed by atoms with Crippen molar-refractivity contribution in [3.8, 4) is 0 Å². The lowest BCUT2D eigenvalue weighted by Gasteiger charge is -2.49. The second-order valence-corrected chi connectivity index (χ2v) is 8.92. The lowest BCUT2D eigenvalue weighted by atomic mass is 9.82. The Labute approximate surface area is 186 Å². The van der Waals surface area contributed by atoms with Crippen LogP contribution in [0.2, 0.25) is 0 Å². The lowest BCUT2D eigenvalue weighted by Crippen LogP contribution is -2.60. The second kappa shape index (κ2) is 11.4. The molecule has 2 aliphatic rings. The van der Waals surface area contributed by atoms with Gasteiger partial charge >= 0.3 is 11.9 Å². The molecule has 0 radical (unpaired) electrons. The van der Waals surface area contributed by atoms with Crippen LogP contribution in [0.4, 0.5) is 0 Å². The van der Waals surface area contributed by atoms with E-state index < -0.39 is 30.6 Å². The highest BCUT2D eigenvalue weighted by Crippen LogP contribution is 2.39. The lowest BCUT2D eigenvalue weighted by molar-refractivity contribution is -0.320. The standard InChI is InChI=1S/C24H40O7/c1-9-12-20-23(28-17(8)26)21(15(6)19(11-3)29-20)31-24-22(27-16(7)25)14(5)13(4)18(10-2)30-24/h9,13-15,18-24H,1,10-12H2,2-8H3/t13-,14-,15+,18+,19+,20+,21-,22-,23+,24+/m0/s1. The number of ether oxygens (including phenoxy) is 5. The fourth-order valence-corrected chi connectivity index (χ4v) is 4.85. The van der Waals surface area contributed by atoms with E-state index in [4.69, 9.17) is 23.7 Å². The first-order chi connectivity index (χ1) is 14.6. The maximum Gasteiger partial charge on any atom is 0.303 e. The quantitative estimate of drug-likeness (QED) is 0.416. The second-order valence-electron chi connectivity index (χ2n) is 8.92. The molecule has 0 aromatic rings. The van der Waals surface area contributed by atoms with Crippen molar-refractivity contribution in [2.45, 2.75) is 111 Å². The van der Waals surface area contributed by atoms with E-state index in [0.29, 0.717) is 6.42 Å². The molecule has 0 saturated carbocycles. The smallest absolute Gasteiger partial charge is 0.303 e. The fraction of sp³-hybridized carbons (Fsp3) is 0.833. The SMILES string of the molecule is C=CC[C@H]1O[C@H](CC)[C@@H](C)[C@H](O[C@H]2O[C@H](CC)[C@@H](C)[C@H](C)[C@@H]2OC(C)=O)[C@@H]1OC(C)=O. The van der Waals surface area contributed by atoms with Crippen LogP contribution >= 0.6 is 0 Å². The number of hydrogen-bond acceptors (Lipinski definition) is 7. The zero-order valence-electron chi connectivity index (χ0n) is 20.0. The van der Waals surface area contributed by atoms with Gasteiger partial charge in [0.05, 0.1) is 12.2 Å². The summed E-state index contributed by atoms with van der Waals surface area (Å²) in [5.41, 5.74) is 0. The Morgan fingerprint density at radius 1 is 0.806 bits per heavy atom. The minimum absolute atomic E-state index is 0.0138. The molecule has 0 bridgehead atoms. The molecule has 10 atom stereocenters. The molecule has 7 nitrogen and oxygen atoms in total. The first-order valence-corrected chi connectivity index (χ1v) is 11.6. The molecule has 0 aromatic carbocycles. The van der Waals surface area contributed by atoms with E-state index in [9.17, 15) is 9.59 Å². The Balaban J connectivity index is 2.37. The van der Waals surface area contributed by atoms with Crippen molar-refractivity contribution in [1.82, 2.24) is 0 Å². The molecule has 0 aliphatic carbocycles. The number of carbonyl (C=O) groups is 2. The minimum atomic E-state index is -0.745. The van der Waals surface area contributed by atoms with E-state index in [2.05, 4.69) is 34.3 Å². The first-order valence-electron chi connectivity index (χ1n) is 11.6. The molecule has 2 rings (SSSR count). The maximum atomic E-state index is 11.9. The third-order valence-corrected chi connectivity index (χ3v) is 6.75. The van der Waals surface area contributed by atoms with Gasteiger partial charge in [-0.2, -0.15) is 0 Å². The van der Waals surface area contributed by atoms with Gasteiger partial charge in [-0.25, -0.2) is 0 Å². The summed E-state index contributed by atoms with van der Waals surface area (Å²) in [5, 5.41) is 0. The fourth-order valence-electron chi connectivity index (χ4n) is 4.85. The molecule has 2 fully saturated rings. The Morgan fingerprint density at radius 3 is 1.87 bits per heavy atom. The van der Waals surface area contributed by atoms with Crippen molar-refractivity contribution in [3.05, 3.63) is 12.7 Å². The average Bonchev–Trinajstić information content (AvgIpc) is 2.71. The predicted molar refractivity (Wildman–Crippen MR) is 116 cm³/mol. The van der Waals surface area contributed by atoms with Gasteiger partial charge in [0.2, 0.25) is 0 Å². The molecule has 178 valence electrons. The van der Waals surface area contributed by atoms with Crippen LogP contribution in [-0.2, 0) is 33.3 Å². The number of rotatable bonds is 8. The van der Waals surface area contributed by atoms with Gasteiger partial charge in [0.1, 0.15) is 12.2 Å². The molecular weight excluding hydrogens is 400 g/mol. The minimum Gasteiger partial charge on any atom is -0.457 e. The van der Waals surface area contributed by atoms with Gasteiger partial charge in [0.25, 0.3) is 0 Å². The van der Waals surface area contributed by atoms with Crippen LogP contribution in [0.15, 0.2) is 12.7 Å². The van der Waals surface area contributed by atoms with Crippen LogP contribution in [0.25, 0.3) is 0 Å². The molecular formula is C24H40O7. The van der Waals surface area contributed by atoms with Crippen molar-refractivity contribution < 1.29 is 33.3 Å². The molecule has 0 unspecified atom stereocenters. The van der Waals surface area contributed by atoms with Gasteiger partial charge in [0, 0.05) is 25.7 Å². The number of hydrogen-bond donors (Lipinski definition) is 0. The summed E-state index contributed by atoms with van der Waals surface area (Å²) in [6, 6.07) is 0. The van der Waals surface area contributed by atoms with Crippen LogP contribution in [-0.4, -0.2) is 54.9 Å². The van der Waals surface area contributed by atoms with Crippen molar-refractivity contribution in [3.63, 3.8) is 0 Å². The highest BCUT2D eigenvalue weighted by atomic mass is 16.7. The van der Waals surface area contributed by atoms with E-state index in [1.54, 1.807) is 6.08 Å². The van der Waals surface area contributed by atoms with Crippen LogP contribution in [0.1, 0.15) is 67.7 Å². The van der Waals surface area contributed by atoms with Gasteiger partial charge in [-0.1, -0.05) is 40.7 Å². The van der Waals surface area contributed by atoms with Gasteiger partial charge in [-0.05, 0) is 25.2 Å². The van der Waals surface area contributed by atoms with Crippen molar-refractivity contribution >= 4 is 11.9 Å². The van der Waals surface area contributed by atoms with Crippen molar-refractivity contribution in [2.75, 3.05) is 0 Å². The normalized spacial score (nSPS) is 40.7. The molecule has 0 N–H and O–H groups in total. The topological polar surface area (TPSA) is 80.3 Å². The Hall–Kier alpha value is -1.44. The van der Waals surface area contributed by atoms with Gasteiger partial charge in [0.15, 0.2) is 18.5 Å². The first kappa shape index (κ1) is 25.8. The van der Waals surface area contributed by atoms with Crippen LogP contribution in [0.5, 0.6) is 0 Å². The van der Waals surface area contributed by atoms with E-state index >= 15 is 0 Å². The summed E-state index contributed by atoms with van der Waals surface area (Å²) in [6.07, 6.45) is 1.13. The van der Waals surface area contributed by atoms with E-state index in [-0.39, 0.29) is 42.0 Å². The van der Waals surface area contributed by atoms with E-state index in [1.165, 1.54) is 13.8 Å². The maximum absolute atomic E-state index is 11.9. The highest BCUT2D eigenvalue weighted by molar-refractivity contribution is 5.66. The predicted octanol–water partition coefficient (Wildman–Crippen LogP) is 4.03. The number of esters is 2. The van der Waals surface area contributed by atoms with Crippen molar-refractivity contribution in [1.29, 1.82) is 0 Å². The summed E-state index contributed by atoms with van der Waals surface area (Å²) in [5.74, 6) is -0.549. The van der Waals surface area contributed by atoms with Crippen molar-refractivity contribution in [2.24, 2.45) is 17.8 Å². The zero-order valence-corrected chi connectivity index (χ0v) is 20.0. The summed E-state index contributed by atoms with van der Waals surface area (Å²) in [7, 11) is 0. The van der Waals surface area contributed by atoms with Gasteiger partial charge in [-0.15, -0.1) is 6.58 Å². The molecule has 2 heterocycles. The summed E-state index contributed by atoms with van der Waals surface area (Å²) >= 11 is 0. The molecule has 7 heteroatoms. The van der Waals surface area contributed by atoms with Crippen LogP contribution < -0.4 is 0 Å². The van der Waals surface area contributed by atoms with E-state index in [1.807, 2.05) is 6.92 Å². The van der Waals surface area contributed by atoms with Gasteiger partial charge in [-0.3, -0.25) is 9.59 Å². The van der Waals surface area contributed by atoms with E-state index in [0.717, 1.165) is 12.8 Å². The van der Waals surface area contributed by atoms with Crippen LogP contribution in [0.3, 0.4) is 0 Å². The average molecular weight is 441 g/mol. The summed E-state index contributed by atoms with van der Waals surface area (Å²) in [4.78, 5) is 23.7. The van der Waals surface area contributed by atoms with Crippen LogP contribution in [0, 0.1) is 17.8 Å². The Bertz CT molecular complexity index is 621. The molecule has 31 heavy (non-hydrogen) atoms. The molecule has 0 amide bonds. The summed E-state index contributed by atoms with van der Waals surface area (Å²) < 4.78 is 30.4. The molecule has 2 aliphatic heterocycles. The molecule has 0 aromatic heterocycles. The highest BCUT2D eigenvalue weighted by Gasteiger charge is 2.50. The Morgan fingerprint density at radius 2 is 1.35 bits per heavy atom. The third kappa shape index (κ3) is 6.08. The van der Waals surface area contributed by atoms with Gasteiger partial charge < -0.3 is 23.7 Å². The third-order valence-electron chi connectivity index (χ3n) is 6.75. The summed E-state index contributed by atoms with van der Waals surface area (Å²) in [6.45, 7) is 16.9. The monoisotopic (exact) mass is 440 g/mol. The Kier molecular flexibility index (Phi) is 9.52. The number of carbonyl (C=O) groups excluding carboxylic acids is 2. The molecule has 0 spiro atoms. The zero-order chi connectivity index (χ0) is 23.3.